The van der Waals surface area contributed by atoms with Gasteiger partial charge in [0.2, 0.25) is 5.89 Å². The van der Waals surface area contributed by atoms with Gasteiger partial charge >= 0.3 is 0 Å². The smallest absolute Gasteiger partial charge is 0.266 e. The fourth-order valence-electron chi connectivity index (χ4n) is 5.08. The fourth-order valence-corrected chi connectivity index (χ4v) is 6.02. The SMILES string of the molecule is Cc1csc(C2CCCN2C(=O)c2cc(-c3cnn(C)c3)nc(-c3nnc(C(C)(N)Cc4ccccc4)o3)c2)n1. The van der Waals surface area contributed by atoms with Crippen LogP contribution in [0.1, 0.15) is 58.3 Å². The van der Waals surface area contributed by atoms with E-state index in [-0.39, 0.29) is 17.8 Å². The van der Waals surface area contributed by atoms with E-state index in [2.05, 4.69) is 20.3 Å². The molecular weight excluding hydrogens is 524 g/mol. The van der Waals surface area contributed by atoms with Crippen molar-refractivity contribution in [3.05, 3.63) is 88.0 Å². The fraction of sp³-hybridized carbons (Fsp3) is 0.310. The van der Waals surface area contributed by atoms with E-state index in [1.54, 1.807) is 34.3 Å². The molecule has 11 heteroatoms. The summed E-state index contributed by atoms with van der Waals surface area (Å²) in [6.07, 6.45) is 5.90. The highest BCUT2D eigenvalue weighted by molar-refractivity contribution is 7.09. The summed E-state index contributed by atoms with van der Waals surface area (Å²) in [5, 5.41) is 15.8. The normalized spacial score (nSPS) is 16.8. The lowest BCUT2D eigenvalue weighted by Gasteiger charge is -2.23. The summed E-state index contributed by atoms with van der Waals surface area (Å²) in [4.78, 5) is 25.3. The molecule has 5 heterocycles. The predicted octanol–water partition coefficient (Wildman–Crippen LogP) is 4.69. The molecule has 10 nitrogen and oxygen atoms in total. The first kappa shape index (κ1) is 26.0. The van der Waals surface area contributed by atoms with Gasteiger partial charge in [-0.2, -0.15) is 5.10 Å². The van der Waals surface area contributed by atoms with Crippen LogP contribution < -0.4 is 5.73 Å². The van der Waals surface area contributed by atoms with Crippen LogP contribution in [0.2, 0.25) is 0 Å². The number of pyridine rings is 1. The summed E-state index contributed by atoms with van der Waals surface area (Å²) < 4.78 is 7.79. The molecule has 0 radical (unpaired) electrons. The Balaban J connectivity index is 1.36. The second kappa shape index (κ2) is 10.4. The highest BCUT2D eigenvalue weighted by Crippen LogP contribution is 2.36. The van der Waals surface area contributed by atoms with E-state index in [9.17, 15) is 4.79 Å². The third-order valence-corrected chi connectivity index (χ3v) is 8.12. The lowest BCUT2D eigenvalue weighted by atomic mass is 9.94. The zero-order valence-corrected chi connectivity index (χ0v) is 23.4. The standard InChI is InChI=1S/C29H30N8O2S/c1-18-17-40-26(32-18)24-10-7-11-37(24)27(38)20-12-22(21-15-31-36(3)16-21)33-23(13-20)25-34-35-28(39-25)29(2,30)14-19-8-5-4-6-9-19/h4-6,8-9,12-13,15-17,24H,7,10-11,14,30H2,1-3H3. The molecule has 40 heavy (non-hydrogen) atoms. The van der Waals surface area contributed by atoms with Gasteiger partial charge in [0.15, 0.2) is 0 Å². The molecule has 6 rings (SSSR count). The molecule has 1 saturated heterocycles. The molecule has 2 N–H and O–H groups in total. The van der Waals surface area contributed by atoms with Crippen molar-refractivity contribution < 1.29 is 9.21 Å². The molecule has 204 valence electrons. The van der Waals surface area contributed by atoms with Crippen LogP contribution in [-0.2, 0) is 19.0 Å². The lowest BCUT2D eigenvalue weighted by Crippen LogP contribution is -2.35. The Morgan fingerprint density at radius 2 is 1.98 bits per heavy atom. The van der Waals surface area contributed by atoms with Crippen molar-refractivity contribution in [2.24, 2.45) is 12.8 Å². The van der Waals surface area contributed by atoms with Crippen LogP contribution in [0.3, 0.4) is 0 Å². The number of thiazole rings is 1. The predicted molar refractivity (Wildman–Crippen MR) is 151 cm³/mol. The Morgan fingerprint density at radius 3 is 2.70 bits per heavy atom. The summed E-state index contributed by atoms with van der Waals surface area (Å²) in [5.41, 5.74) is 10.0. The third-order valence-electron chi connectivity index (χ3n) is 7.06. The van der Waals surface area contributed by atoms with Crippen molar-refractivity contribution in [3.8, 4) is 22.8 Å². The Morgan fingerprint density at radius 1 is 1.18 bits per heavy atom. The van der Waals surface area contributed by atoms with Crippen molar-refractivity contribution in [2.75, 3.05) is 6.54 Å². The minimum absolute atomic E-state index is 0.0457. The number of amides is 1. The molecule has 1 aliphatic rings. The van der Waals surface area contributed by atoms with Crippen LogP contribution in [0, 0.1) is 6.92 Å². The molecule has 5 aromatic rings. The van der Waals surface area contributed by atoms with Gasteiger partial charge in [0.1, 0.15) is 10.7 Å². The van der Waals surface area contributed by atoms with E-state index >= 15 is 0 Å². The number of nitrogens with two attached hydrogens (primary N) is 1. The molecule has 2 atom stereocenters. The van der Waals surface area contributed by atoms with E-state index < -0.39 is 5.54 Å². The first-order valence-corrected chi connectivity index (χ1v) is 14.1. The van der Waals surface area contributed by atoms with E-state index in [0.717, 1.165) is 34.7 Å². The molecule has 1 aliphatic heterocycles. The monoisotopic (exact) mass is 554 g/mol. The Labute approximate surface area is 235 Å². The summed E-state index contributed by atoms with van der Waals surface area (Å²) in [6, 6.07) is 13.4. The summed E-state index contributed by atoms with van der Waals surface area (Å²) in [7, 11) is 1.84. The minimum atomic E-state index is -0.888. The van der Waals surface area contributed by atoms with Crippen LogP contribution in [-0.4, -0.2) is 47.3 Å². The summed E-state index contributed by atoms with van der Waals surface area (Å²) in [5.74, 6) is 0.413. The van der Waals surface area contributed by atoms with Gasteiger partial charge in [-0.15, -0.1) is 21.5 Å². The highest BCUT2D eigenvalue weighted by Gasteiger charge is 2.34. The van der Waals surface area contributed by atoms with Crippen LogP contribution >= 0.6 is 11.3 Å². The molecule has 0 aliphatic carbocycles. The first-order valence-electron chi connectivity index (χ1n) is 13.2. The number of nitrogens with zero attached hydrogens (tertiary/aromatic N) is 7. The van der Waals surface area contributed by atoms with Gasteiger partial charge in [-0.05, 0) is 50.8 Å². The van der Waals surface area contributed by atoms with Crippen LogP contribution in [0.15, 0.2) is 64.7 Å². The van der Waals surface area contributed by atoms with Gasteiger partial charge in [0, 0.05) is 42.0 Å². The number of hydrogen-bond acceptors (Lipinski definition) is 9. The highest BCUT2D eigenvalue weighted by atomic mass is 32.1. The maximum Gasteiger partial charge on any atom is 0.266 e. The molecule has 4 aromatic heterocycles. The topological polar surface area (TPSA) is 129 Å². The van der Waals surface area contributed by atoms with E-state index in [1.165, 1.54) is 0 Å². The minimum Gasteiger partial charge on any atom is -0.417 e. The van der Waals surface area contributed by atoms with E-state index in [0.29, 0.717) is 35.8 Å². The second-order valence-corrected chi connectivity index (χ2v) is 11.4. The number of carbonyl (C=O) groups excluding carboxylic acids is 1. The number of aromatic nitrogens is 6. The molecule has 0 saturated carbocycles. The maximum atomic E-state index is 13.9. The molecular formula is C29H30N8O2S. The molecule has 1 aromatic carbocycles. The van der Waals surface area contributed by atoms with Crippen molar-refractivity contribution in [1.82, 2.24) is 34.8 Å². The van der Waals surface area contributed by atoms with Gasteiger partial charge in [-0.3, -0.25) is 9.48 Å². The largest absolute Gasteiger partial charge is 0.417 e. The Bertz CT molecular complexity index is 1660. The molecule has 1 fully saturated rings. The first-order chi connectivity index (χ1) is 19.3. The molecule has 2 unspecified atom stereocenters. The summed E-state index contributed by atoms with van der Waals surface area (Å²) in [6.45, 7) is 4.50. The lowest BCUT2D eigenvalue weighted by molar-refractivity contribution is 0.0735. The second-order valence-electron chi connectivity index (χ2n) is 10.5. The number of aryl methyl sites for hydroxylation is 2. The number of carbonyl (C=O) groups is 1. The number of rotatable bonds is 7. The molecule has 1 amide bonds. The number of hydrogen-bond donors (Lipinski definition) is 1. The van der Waals surface area contributed by atoms with Crippen LogP contribution in [0.4, 0.5) is 0 Å². The van der Waals surface area contributed by atoms with Crippen molar-refractivity contribution in [3.63, 3.8) is 0 Å². The maximum absolute atomic E-state index is 13.9. The molecule has 0 spiro atoms. The Kier molecular flexibility index (Phi) is 6.77. The van der Waals surface area contributed by atoms with Gasteiger partial charge in [-0.1, -0.05) is 30.3 Å². The van der Waals surface area contributed by atoms with Crippen LogP contribution in [0.25, 0.3) is 22.8 Å². The number of likely N-dealkylation sites (tertiary alicyclic amines) is 1. The van der Waals surface area contributed by atoms with Crippen LogP contribution in [0.5, 0.6) is 0 Å². The van der Waals surface area contributed by atoms with Crippen molar-refractivity contribution in [1.29, 1.82) is 0 Å². The number of benzene rings is 1. The van der Waals surface area contributed by atoms with E-state index in [1.807, 2.05) is 67.7 Å². The third kappa shape index (κ3) is 5.17. The zero-order chi connectivity index (χ0) is 27.9. The van der Waals surface area contributed by atoms with Gasteiger partial charge in [0.05, 0.1) is 23.5 Å². The molecule has 0 bridgehead atoms. The van der Waals surface area contributed by atoms with E-state index in [4.69, 9.17) is 15.1 Å². The van der Waals surface area contributed by atoms with Gasteiger partial charge in [-0.25, -0.2) is 9.97 Å². The summed E-state index contributed by atoms with van der Waals surface area (Å²) >= 11 is 1.60. The average molecular weight is 555 g/mol. The van der Waals surface area contributed by atoms with Crippen molar-refractivity contribution >= 4 is 17.2 Å². The quantitative estimate of drug-likeness (QED) is 0.307. The Hall–Kier alpha value is -4.22. The van der Waals surface area contributed by atoms with Gasteiger partial charge in [0.25, 0.3) is 11.8 Å². The average Bonchev–Trinajstić information content (AvgIpc) is 3.75. The zero-order valence-electron chi connectivity index (χ0n) is 22.6. The van der Waals surface area contributed by atoms with Crippen molar-refractivity contribution in [2.45, 2.75) is 44.7 Å². The van der Waals surface area contributed by atoms with Gasteiger partial charge < -0.3 is 15.1 Å².